The SMILES string of the molecule is CNS(=O)(=O)CC(=O)N1CCS[C@@H](C)[C@H]1c1ccccc1. The van der Waals surface area contributed by atoms with Gasteiger partial charge in [0.25, 0.3) is 0 Å². The molecule has 1 fully saturated rings. The minimum Gasteiger partial charge on any atom is -0.333 e. The Kier molecular flexibility index (Phi) is 5.29. The normalized spacial score (nSPS) is 23.0. The Hall–Kier alpha value is -1.05. The zero-order valence-electron chi connectivity index (χ0n) is 12.2. The number of sulfonamides is 1. The van der Waals surface area contributed by atoms with E-state index < -0.39 is 15.8 Å². The van der Waals surface area contributed by atoms with E-state index in [-0.39, 0.29) is 17.2 Å². The van der Waals surface area contributed by atoms with Gasteiger partial charge >= 0.3 is 0 Å². The Morgan fingerprint density at radius 1 is 1.38 bits per heavy atom. The number of rotatable bonds is 4. The maximum atomic E-state index is 12.4. The zero-order chi connectivity index (χ0) is 15.5. The number of benzene rings is 1. The molecule has 0 aliphatic carbocycles. The summed E-state index contributed by atoms with van der Waals surface area (Å²) in [7, 11) is -2.21. The molecule has 0 unspecified atom stereocenters. The van der Waals surface area contributed by atoms with Gasteiger partial charge in [-0.25, -0.2) is 13.1 Å². The van der Waals surface area contributed by atoms with Crippen molar-refractivity contribution in [3.05, 3.63) is 35.9 Å². The summed E-state index contributed by atoms with van der Waals surface area (Å²) in [6, 6.07) is 9.70. The lowest BCUT2D eigenvalue weighted by Crippen LogP contribution is -2.47. The Morgan fingerprint density at radius 3 is 2.67 bits per heavy atom. The highest BCUT2D eigenvalue weighted by molar-refractivity contribution is 8.00. The minimum absolute atomic E-state index is 0.0792. The molecule has 0 radical (unpaired) electrons. The van der Waals surface area contributed by atoms with Crippen LogP contribution in [0, 0.1) is 0 Å². The van der Waals surface area contributed by atoms with Crippen LogP contribution >= 0.6 is 11.8 Å². The molecule has 21 heavy (non-hydrogen) atoms. The zero-order valence-corrected chi connectivity index (χ0v) is 13.8. The maximum Gasteiger partial charge on any atom is 0.239 e. The molecule has 1 N–H and O–H groups in total. The Bertz CT molecular complexity index is 589. The molecule has 0 saturated carbocycles. The average molecular weight is 328 g/mol. The van der Waals surface area contributed by atoms with Gasteiger partial charge in [-0.2, -0.15) is 11.8 Å². The van der Waals surface area contributed by atoms with Crippen LogP contribution in [0.25, 0.3) is 0 Å². The highest BCUT2D eigenvalue weighted by Gasteiger charge is 2.34. The van der Waals surface area contributed by atoms with E-state index in [4.69, 9.17) is 0 Å². The molecule has 1 aromatic rings. The fourth-order valence-electron chi connectivity index (χ4n) is 2.52. The molecule has 5 nitrogen and oxygen atoms in total. The highest BCUT2D eigenvalue weighted by atomic mass is 32.2. The second kappa shape index (κ2) is 6.81. The van der Waals surface area contributed by atoms with Gasteiger partial charge in [0.1, 0.15) is 5.75 Å². The summed E-state index contributed by atoms with van der Waals surface area (Å²) in [6.07, 6.45) is 0. The van der Waals surface area contributed by atoms with Crippen molar-refractivity contribution in [2.45, 2.75) is 18.2 Å². The predicted molar refractivity (Wildman–Crippen MR) is 85.7 cm³/mol. The molecule has 1 aromatic carbocycles. The van der Waals surface area contributed by atoms with E-state index in [0.717, 1.165) is 11.3 Å². The Morgan fingerprint density at radius 2 is 2.05 bits per heavy atom. The molecule has 1 saturated heterocycles. The smallest absolute Gasteiger partial charge is 0.239 e. The number of nitrogens with zero attached hydrogens (tertiary/aromatic N) is 1. The number of hydrogen-bond acceptors (Lipinski definition) is 4. The molecule has 0 bridgehead atoms. The van der Waals surface area contributed by atoms with E-state index in [0.29, 0.717) is 6.54 Å². The van der Waals surface area contributed by atoms with Crippen LogP contribution in [0.4, 0.5) is 0 Å². The largest absolute Gasteiger partial charge is 0.333 e. The number of carbonyl (C=O) groups excluding carboxylic acids is 1. The summed E-state index contributed by atoms with van der Waals surface area (Å²) in [6.45, 7) is 2.65. The van der Waals surface area contributed by atoms with E-state index in [2.05, 4.69) is 11.6 Å². The Balaban J connectivity index is 2.25. The number of nitrogens with one attached hydrogen (secondary N) is 1. The van der Waals surface area contributed by atoms with Crippen LogP contribution in [0.1, 0.15) is 18.5 Å². The van der Waals surface area contributed by atoms with Crippen LogP contribution in [-0.2, 0) is 14.8 Å². The van der Waals surface area contributed by atoms with Gasteiger partial charge < -0.3 is 4.90 Å². The fraction of sp³-hybridized carbons (Fsp3) is 0.500. The molecule has 0 spiro atoms. The number of amides is 1. The summed E-state index contributed by atoms with van der Waals surface area (Å²) >= 11 is 1.81. The second-order valence-electron chi connectivity index (χ2n) is 4.98. The van der Waals surface area contributed by atoms with Crippen LogP contribution in [0.3, 0.4) is 0 Å². The first-order valence-electron chi connectivity index (χ1n) is 6.82. The minimum atomic E-state index is -3.54. The summed E-state index contributed by atoms with van der Waals surface area (Å²) < 4.78 is 25.4. The third-order valence-corrected chi connectivity index (χ3v) is 6.03. The lowest BCUT2D eigenvalue weighted by molar-refractivity contribution is -0.130. The second-order valence-corrected chi connectivity index (χ2v) is 8.39. The molecule has 1 amide bonds. The van der Waals surface area contributed by atoms with E-state index >= 15 is 0 Å². The predicted octanol–water partition coefficient (Wildman–Crippen LogP) is 1.24. The van der Waals surface area contributed by atoms with Crippen molar-refractivity contribution in [3.8, 4) is 0 Å². The Labute approximate surface area is 130 Å². The monoisotopic (exact) mass is 328 g/mol. The molecule has 1 aliphatic heterocycles. The van der Waals surface area contributed by atoms with Crippen molar-refractivity contribution in [2.24, 2.45) is 0 Å². The third kappa shape index (κ3) is 3.99. The standard InChI is InChI=1S/C14H20N2O3S2/c1-11-14(12-6-4-3-5-7-12)16(8-9-20-11)13(17)10-21(18,19)15-2/h3-7,11,14-15H,8-10H2,1-2H3/t11-,14-/m0/s1. The first kappa shape index (κ1) is 16.3. The first-order chi connectivity index (χ1) is 9.94. The molecule has 116 valence electrons. The molecule has 1 aliphatic rings. The molecular weight excluding hydrogens is 308 g/mol. The molecule has 0 aromatic heterocycles. The van der Waals surface area contributed by atoms with E-state index in [1.165, 1.54) is 7.05 Å². The summed E-state index contributed by atoms with van der Waals surface area (Å²) in [5, 5.41) is 0.238. The molecular formula is C14H20N2O3S2. The van der Waals surface area contributed by atoms with Gasteiger partial charge in [0.2, 0.25) is 15.9 Å². The van der Waals surface area contributed by atoms with Crippen LogP contribution < -0.4 is 4.72 Å². The van der Waals surface area contributed by atoms with Crippen molar-refractivity contribution in [1.82, 2.24) is 9.62 Å². The van der Waals surface area contributed by atoms with Gasteiger partial charge in [-0.1, -0.05) is 37.3 Å². The molecule has 2 atom stereocenters. The van der Waals surface area contributed by atoms with Crippen molar-refractivity contribution in [1.29, 1.82) is 0 Å². The van der Waals surface area contributed by atoms with Gasteiger partial charge in [0, 0.05) is 17.5 Å². The van der Waals surface area contributed by atoms with E-state index in [1.807, 2.05) is 30.3 Å². The van der Waals surface area contributed by atoms with Crippen LogP contribution in [0.15, 0.2) is 30.3 Å². The molecule has 1 heterocycles. The van der Waals surface area contributed by atoms with Gasteiger partial charge in [-0.3, -0.25) is 4.79 Å². The summed E-state index contributed by atoms with van der Waals surface area (Å²) in [5.41, 5.74) is 1.05. The van der Waals surface area contributed by atoms with Crippen molar-refractivity contribution < 1.29 is 13.2 Å². The lowest BCUT2D eigenvalue weighted by atomic mass is 10.0. The van der Waals surface area contributed by atoms with Crippen molar-refractivity contribution in [3.63, 3.8) is 0 Å². The van der Waals surface area contributed by atoms with Gasteiger partial charge in [-0.05, 0) is 12.6 Å². The van der Waals surface area contributed by atoms with Crippen molar-refractivity contribution in [2.75, 3.05) is 25.1 Å². The maximum absolute atomic E-state index is 12.4. The lowest BCUT2D eigenvalue weighted by Gasteiger charge is -2.40. The molecule has 7 heteroatoms. The van der Waals surface area contributed by atoms with E-state index in [1.54, 1.807) is 16.7 Å². The average Bonchev–Trinajstić information content (AvgIpc) is 2.47. The number of thioether (sulfide) groups is 1. The highest BCUT2D eigenvalue weighted by Crippen LogP contribution is 2.35. The van der Waals surface area contributed by atoms with Gasteiger partial charge in [-0.15, -0.1) is 0 Å². The molecule has 2 rings (SSSR count). The van der Waals surface area contributed by atoms with Crippen LogP contribution in [0.5, 0.6) is 0 Å². The van der Waals surface area contributed by atoms with E-state index in [9.17, 15) is 13.2 Å². The van der Waals surface area contributed by atoms with Crippen molar-refractivity contribution >= 4 is 27.7 Å². The number of carbonyl (C=O) groups is 1. The van der Waals surface area contributed by atoms with Crippen LogP contribution in [-0.4, -0.2) is 49.6 Å². The number of hydrogen-bond donors (Lipinski definition) is 1. The quantitative estimate of drug-likeness (QED) is 0.903. The van der Waals surface area contributed by atoms with Gasteiger partial charge in [0.05, 0.1) is 6.04 Å². The third-order valence-electron chi connectivity index (χ3n) is 3.58. The summed E-state index contributed by atoms with van der Waals surface area (Å²) in [4.78, 5) is 14.1. The first-order valence-corrected chi connectivity index (χ1v) is 9.52. The fourth-order valence-corrected chi connectivity index (χ4v) is 4.31. The van der Waals surface area contributed by atoms with Gasteiger partial charge in [0.15, 0.2) is 0 Å². The topological polar surface area (TPSA) is 66.5 Å². The van der Waals surface area contributed by atoms with Crippen LogP contribution in [0.2, 0.25) is 0 Å². The summed E-state index contributed by atoms with van der Waals surface area (Å²) in [5.74, 6) is -0.00887.